The Hall–Kier alpha value is -2.11. The molecule has 0 spiro atoms. The molecule has 0 aliphatic carbocycles. The van der Waals surface area contributed by atoms with Crippen molar-refractivity contribution in [2.24, 2.45) is 0 Å². The van der Waals surface area contributed by atoms with Crippen molar-refractivity contribution in [3.05, 3.63) is 58.3 Å². The lowest BCUT2D eigenvalue weighted by molar-refractivity contribution is -0.128. The van der Waals surface area contributed by atoms with Gasteiger partial charge < -0.3 is 4.74 Å². The van der Waals surface area contributed by atoms with E-state index in [1.165, 1.54) is 17.4 Å². The molecular weight excluding hydrogens is 308 g/mol. The second-order valence-electron chi connectivity index (χ2n) is 4.41. The maximum atomic E-state index is 11.8. The van der Waals surface area contributed by atoms with Gasteiger partial charge in [0.2, 0.25) is 0 Å². The zero-order valence-corrected chi connectivity index (χ0v) is 12.7. The van der Waals surface area contributed by atoms with E-state index >= 15 is 0 Å². The van der Waals surface area contributed by atoms with Crippen LogP contribution in [0, 0.1) is 6.92 Å². The Morgan fingerprint density at radius 1 is 1.48 bits per heavy atom. The molecule has 0 saturated heterocycles. The summed E-state index contributed by atoms with van der Waals surface area (Å²) in [5, 5.41) is 2.27. The first-order chi connectivity index (χ1) is 10.1. The summed E-state index contributed by atoms with van der Waals surface area (Å²) >= 11 is 7.52. The number of esters is 1. The molecule has 0 aliphatic rings. The maximum absolute atomic E-state index is 11.8. The number of hydrogen-bond donors (Lipinski definition) is 0. The molecule has 0 amide bonds. The first-order valence-corrected chi connectivity index (χ1v) is 7.47. The number of fused-ring (bicyclic) bond motifs is 1. The number of imidazole rings is 1. The summed E-state index contributed by atoms with van der Waals surface area (Å²) in [4.78, 5) is 16.8. The zero-order valence-electron chi connectivity index (χ0n) is 11.1. The molecule has 106 valence electrons. The molecule has 2 aromatic heterocycles. The Kier molecular flexibility index (Phi) is 3.77. The number of carbonyl (C=O) groups is 1. The molecule has 0 radical (unpaired) electrons. The second-order valence-corrected chi connectivity index (χ2v) is 5.65. The molecule has 0 saturated carbocycles. The number of benzene rings is 1. The fraction of sp³-hybridized carbons (Fsp3) is 0.0667. The zero-order chi connectivity index (χ0) is 14.8. The SMILES string of the molecule is Cc1cccc(OC(=O)/C=C/c2c(Cl)nc3sccn23)c1. The number of ether oxygens (including phenoxy) is 1. The van der Waals surface area contributed by atoms with E-state index in [9.17, 15) is 4.79 Å². The van der Waals surface area contributed by atoms with Crippen molar-refractivity contribution in [2.45, 2.75) is 6.92 Å². The predicted molar refractivity (Wildman–Crippen MR) is 83.9 cm³/mol. The van der Waals surface area contributed by atoms with Crippen LogP contribution in [0.5, 0.6) is 5.75 Å². The largest absolute Gasteiger partial charge is 0.423 e. The van der Waals surface area contributed by atoms with Crippen molar-refractivity contribution >= 4 is 39.9 Å². The van der Waals surface area contributed by atoms with E-state index in [1.807, 2.05) is 35.0 Å². The number of aryl methyl sites for hydroxylation is 1. The summed E-state index contributed by atoms with van der Waals surface area (Å²) in [5.41, 5.74) is 1.69. The van der Waals surface area contributed by atoms with E-state index in [-0.39, 0.29) is 0 Å². The molecule has 0 fully saturated rings. The molecule has 0 aliphatic heterocycles. The highest BCUT2D eigenvalue weighted by Crippen LogP contribution is 2.22. The number of rotatable bonds is 3. The van der Waals surface area contributed by atoms with Gasteiger partial charge in [0, 0.05) is 17.7 Å². The van der Waals surface area contributed by atoms with E-state index in [0.717, 1.165) is 10.5 Å². The Morgan fingerprint density at radius 3 is 3.14 bits per heavy atom. The third-order valence-corrected chi connectivity index (χ3v) is 3.87. The van der Waals surface area contributed by atoms with Crippen LogP contribution in [0.25, 0.3) is 11.0 Å². The van der Waals surface area contributed by atoms with Crippen molar-refractivity contribution in [3.8, 4) is 5.75 Å². The van der Waals surface area contributed by atoms with Crippen molar-refractivity contribution in [1.82, 2.24) is 9.38 Å². The third-order valence-electron chi connectivity index (χ3n) is 2.84. The number of halogens is 1. The normalized spacial score (nSPS) is 11.3. The first-order valence-electron chi connectivity index (χ1n) is 6.21. The topological polar surface area (TPSA) is 43.6 Å². The highest BCUT2D eigenvalue weighted by molar-refractivity contribution is 7.15. The summed E-state index contributed by atoms with van der Waals surface area (Å²) in [5.74, 6) is 0.0616. The minimum Gasteiger partial charge on any atom is -0.423 e. The molecule has 0 bridgehead atoms. The van der Waals surface area contributed by atoms with Gasteiger partial charge in [-0.2, -0.15) is 0 Å². The van der Waals surface area contributed by atoms with E-state index < -0.39 is 5.97 Å². The van der Waals surface area contributed by atoms with E-state index in [2.05, 4.69) is 4.98 Å². The third kappa shape index (κ3) is 2.99. The van der Waals surface area contributed by atoms with Gasteiger partial charge in [0.25, 0.3) is 0 Å². The average Bonchev–Trinajstić information content (AvgIpc) is 2.97. The van der Waals surface area contributed by atoms with Crippen molar-refractivity contribution in [2.75, 3.05) is 0 Å². The summed E-state index contributed by atoms with van der Waals surface area (Å²) in [7, 11) is 0. The van der Waals surface area contributed by atoms with Gasteiger partial charge in [-0.15, -0.1) is 11.3 Å². The van der Waals surface area contributed by atoms with Gasteiger partial charge in [-0.1, -0.05) is 23.7 Å². The van der Waals surface area contributed by atoms with Crippen LogP contribution in [0.1, 0.15) is 11.3 Å². The number of thiazole rings is 1. The minimum absolute atomic E-state index is 0.362. The van der Waals surface area contributed by atoms with Gasteiger partial charge in [-0.05, 0) is 30.7 Å². The summed E-state index contributed by atoms with van der Waals surface area (Å²) in [6, 6.07) is 7.31. The number of carbonyl (C=O) groups excluding carboxylic acids is 1. The molecule has 1 aromatic carbocycles. The maximum Gasteiger partial charge on any atom is 0.336 e. The Balaban J connectivity index is 1.78. The molecule has 3 aromatic rings. The molecule has 2 heterocycles. The highest BCUT2D eigenvalue weighted by Gasteiger charge is 2.09. The number of aromatic nitrogens is 2. The van der Waals surface area contributed by atoms with E-state index in [4.69, 9.17) is 16.3 Å². The standard InChI is InChI=1S/C15H11ClN2O2S/c1-10-3-2-4-11(9-10)20-13(19)6-5-12-14(16)17-15-18(12)7-8-21-15/h2-9H,1H3/b6-5+. The predicted octanol–water partition coefficient (Wildman–Crippen LogP) is 3.98. The molecule has 4 nitrogen and oxygen atoms in total. The summed E-state index contributed by atoms with van der Waals surface area (Å²) in [6.45, 7) is 1.94. The van der Waals surface area contributed by atoms with Crippen LogP contribution in [0.4, 0.5) is 0 Å². The molecule has 0 unspecified atom stereocenters. The molecule has 21 heavy (non-hydrogen) atoms. The molecular formula is C15H11ClN2O2S. The van der Waals surface area contributed by atoms with Crippen LogP contribution in [-0.4, -0.2) is 15.4 Å². The second kappa shape index (κ2) is 5.71. The Bertz CT molecular complexity index is 835. The van der Waals surface area contributed by atoms with Crippen molar-refractivity contribution in [3.63, 3.8) is 0 Å². The number of hydrogen-bond acceptors (Lipinski definition) is 4. The molecule has 6 heteroatoms. The highest BCUT2D eigenvalue weighted by atomic mass is 35.5. The molecule has 0 atom stereocenters. The lowest BCUT2D eigenvalue weighted by Gasteiger charge is -2.01. The van der Waals surface area contributed by atoms with Gasteiger partial charge in [-0.25, -0.2) is 9.78 Å². The Morgan fingerprint density at radius 2 is 2.33 bits per heavy atom. The number of nitrogens with zero attached hydrogens (tertiary/aromatic N) is 2. The van der Waals surface area contributed by atoms with Gasteiger partial charge in [0.1, 0.15) is 5.75 Å². The lowest BCUT2D eigenvalue weighted by atomic mass is 10.2. The van der Waals surface area contributed by atoms with Gasteiger partial charge in [0.05, 0.1) is 5.69 Å². The summed E-state index contributed by atoms with van der Waals surface area (Å²) in [6.07, 6.45) is 4.80. The lowest BCUT2D eigenvalue weighted by Crippen LogP contribution is -2.03. The van der Waals surface area contributed by atoms with Crippen LogP contribution < -0.4 is 4.74 Å². The van der Waals surface area contributed by atoms with Crippen LogP contribution in [0.15, 0.2) is 41.9 Å². The first kappa shape index (κ1) is 13.9. The van der Waals surface area contributed by atoms with Crippen molar-refractivity contribution < 1.29 is 9.53 Å². The Labute approximate surface area is 130 Å². The van der Waals surface area contributed by atoms with Gasteiger partial charge in [0.15, 0.2) is 10.1 Å². The molecule has 3 rings (SSSR count). The van der Waals surface area contributed by atoms with Crippen LogP contribution in [0.3, 0.4) is 0 Å². The van der Waals surface area contributed by atoms with E-state index in [1.54, 1.807) is 18.2 Å². The average molecular weight is 319 g/mol. The van der Waals surface area contributed by atoms with Gasteiger partial charge in [-0.3, -0.25) is 4.40 Å². The van der Waals surface area contributed by atoms with Crippen molar-refractivity contribution in [1.29, 1.82) is 0 Å². The van der Waals surface area contributed by atoms with Crippen LogP contribution in [0.2, 0.25) is 5.15 Å². The van der Waals surface area contributed by atoms with Crippen LogP contribution >= 0.6 is 22.9 Å². The van der Waals surface area contributed by atoms with Crippen LogP contribution in [-0.2, 0) is 4.79 Å². The summed E-state index contributed by atoms with van der Waals surface area (Å²) < 4.78 is 7.05. The molecule has 0 N–H and O–H groups in total. The smallest absolute Gasteiger partial charge is 0.336 e. The quantitative estimate of drug-likeness (QED) is 0.417. The fourth-order valence-corrected chi connectivity index (χ4v) is 2.91. The fourth-order valence-electron chi connectivity index (χ4n) is 1.90. The van der Waals surface area contributed by atoms with Gasteiger partial charge >= 0.3 is 5.97 Å². The monoisotopic (exact) mass is 318 g/mol. The van der Waals surface area contributed by atoms with E-state index in [0.29, 0.717) is 16.6 Å². The minimum atomic E-state index is -0.457.